The number of hydrogen-bond donors (Lipinski definition) is 1. The Balaban J connectivity index is 1.39. The summed E-state index contributed by atoms with van der Waals surface area (Å²) in [6.07, 6.45) is 5.50. The number of pyridine rings is 1. The third-order valence-corrected chi connectivity index (χ3v) is 5.30. The van der Waals surface area contributed by atoms with Crippen molar-refractivity contribution in [3.63, 3.8) is 0 Å². The SMILES string of the molecule is CN(CC1CCCN1c1cccnn1)c1ccc(C(=O)Nc2nncs2)cn1. The number of carbonyl (C=O) groups excluding carboxylic acids is 1. The first-order valence-corrected chi connectivity index (χ1v) is 9.88. The molecule has 1 fully saturated rings. The van der Waals surface area contributed by atoms with Gasteiger partial charge in [-0.05, 0) is 37.1 Å². The fourth-order valence-corrected chi connectivity index (χ4v) is 3.77. The molecule has 3 aromatic heterocycles. The highest BCUT2D eigenvalue weighted by molar-refractivity contribution is 7.13. The van der Waals surface area contributed by atoms with E-state index in [-0.39, 0.29) is 5.91 Å². The molecule has 10 heteroatoms. The summed E-state index contributed by atoms with van der Waals surface area (Å²) < 4.78 is 0. The molecule has 4 heterocycles. The largest absolute Gasteiger partial charge is 0.358 e. The van der Waals surface area contributed by atoms with Gasteiger partial charge in [0.25, 0.3) is 5.91 Å². The van der Waals surface area contributed by atoms with Crippen molar-refractivity contribution in [2.75, 3.05) is 35.3 Å². The minimum atomic E-state index is -0.247. The van der Waals surface area contributed by atoms with Crippen LogP contribution in [0.15, 0.2) is 42.2 Å². The minimum Gasteiger partial charge on any atom is -0.358 e. The summed E-state index contributed by atoms with van der Waals surface area (Å²) in [5.74, 6) is 1.48. The Labute approximate surface area is 166 Å². The maximum atomic E-state index is 12.2. The fraction of sp³-hybridized carbons (Fsp3) is 0.333. The third kappa shape index (κ3) is 4.06. The average Bonchev–Trinajstić information content (AvgIpc) is 3.41. The second kappa shape index (κ2) is 8.26. The first-order chi connectivity index (χ1) is 13.7. The zero-order valence-corrected chi connectivity index (χ0v) is 16.2. The van der Waals surface area contributed by atoms with Crippen molar-refractivity contribution in [2.45, 2.75) is 18.9 Å². The number of aromatic nitrogens is 5. The lowest BCUT2D eigenvalue weighted by atomic mass is 10.2. The summed E-state index contributed by atoms with van der Waals surface area (Å²) >= 11 is 1.27. The number of carbonyl (C=O) groups is 1. The smallest absolute Gasteiger partial charge is 0.259 e. The number of amides is 1. The van der Waals surface area contributed by atoms with Gasteiger partial charge in [-0.15, -0.1) is 15.3 Å². The number of rotatable bonds is 6. The van der Waals surface area contributed by atoms with Gasteiger partial charge in [-0.3, -0.25) is 10.1 Å². The number of hydrogen-bond acceptors (Lipinski definition) is 9. The Morgan fingerprint density at radius 2 is 2.25 bits per heavy atom. The van der Waals surface area contributed by atoms with E-state index in [4.69, 9.17) is 0 Å². The van der Waals surface area contributed by atoms with Gasteiger partial charge in [0.15, 0.2) is 5.82 Å². The zero-order chi connectivity index (χ0) is 19.3. The topological polar surface area (TPSA) is 100 Å². The predicted octanol–water partition coefficient (Wildman–Crippen LogP) is 2.08. The Bertz CT molecular complexity index is 903. The quantitative estimate of drug-likeness (QED) is 0.676. The number of anilines is 3. The second-order valence-corrected chi connectivity index (χ2v) is 7.39. The normalized spacial score (nSPS) is 16.2. The molecule has 1 unspecified atom stereocenters. The van der Waals surface area contributed by atoms with Crippen molar-refractivity contribution in [1.82, 2.24) is 25.4 Å². The van der Waals surface area contributed by atoms with Crippen molar-refractivity contribution in [2.24, 2.45) is 0 Å². The summed E-state index contributed by atoms with van der Waals surface area (Å²) in [6.45, 7) is 1.80. The molecule has 0 spiro atoms. The van der Waals surface area contributed by atoms with Gasteiger partial charge in [0, 0.05) is 38.6 Å². The first kappa shape index (κ1) is 18.2. The molecule has 144 valence electrons. The molecule has 0 bridgehead atoms. The number of nitrogens with one attached hydrogen (secondary N) is 1. The fourth-order valence-electron chi connectivity index (χ4n) is 3.33. The summed E-state index contributed by atoms with van der Waals surface area (Å²) in [5.41, 5.74) is 2.05. The van der Waals surface area contributed by atoms with E-state index in [2.05, 4.69) is 40.5 Å². The molecule has 1 saturated heterocycles. The van der Waals surface area contributed by atoms with E-state index in [0.717, 1.165) is 37.6 Å². The van der Waals surface area contributed by atoms with Crippen molar-refractivity contribution >= 4 is 34.0 Å². The van der Waals surface area contributed by atoms with Crippen LogP contribution in [0.4, 0.5) is 16.8 Å². The third-order valence-electron chi connectivity index (χ3n) is 4.70. The van der Waals surface area contributed by atoms with Crippen LogP contribution in [0.1, 0.15) is 23.2 Å². The Hall–Kier alpha value is -3.14. The van der Waals surface area contributed by atoms with Gasteiger partial charge in [-0.1, -0.05) is 11.3 Å². The van der Waals surface area contributed by atoms with Crippen LogP contribution in [0.3, 0.4) is 0 Å². The van der Waals surface area contributed by atoms with E-state index < -0.39 is 0 Å². The number of nitrogens with zero attached hydrogens (tertiary/aromatic N) is 7. The molecule has 3 aromatic rings. The Morgan fingerprint density at radius 1 is 1.32 bits per heavy atom. The van der Waals surface area contributed by atoms with E-state index in [9.17, 15) is 4.79 Å². The van der Waals surface area contributed by atoms with Gasteiger partial charge >= 0.3 is 0 Å². The van der Waals surface area contributed by atoms with Gasteiger partial charge in [0.1, 0.15) is 11.3 Å². The molecule has 1 amide bonds. The maximum absolute atomic E-state index is 12.2. The highest BCUT2D eigenvalue weighted by Crippen LogP contribution is 2.24. The molecule has 0 radical (unpaired) electrons. The van der Waals surface area contributed by atoms with Gasteiger partial charge in [0.05, 0.1) is 5.56 Å². The van der Waals surface area contributed by atoms with Crippen LogP contribution in [0.25, 0.3) is 0 Å². The summed E-state index contributed by atoms with van der Waals surface area (Å²) in [5, 5.41) is 18.9. The maximum Gasteiger partial charge on any atom is 0.259 e. The van der Waals surface area contributed by atoms with E-state index in [0.29, 0.717) is 16.7 Å². The molecular weight excluding hydrogens is 376 g/mol. The van der Waals surface area contributed by atoms with Gasteiger partial charge < -0.3 is 9.80 Å². The van der Waals surface area contributed by atoms with Crippen LogP contribution < -0.4 is 15.1 Å². The molecule has 9 nitrogen and oxygen atoms in total. The van der Waals surface area contributed by atoms with Crippen molar-refractivity contribution in [1.29, 1.82) is 0 Å². The molecule has 1 aliphatic heterocycles. The monoisotopic (exact) mass is 396 g/mol. The summed E-state index contributed by atoms with van der Waals surface area (Å²) in [6, 6.07) is 7.88. The molecule has 0 aromatic carbocycles. The number of likely N-dealkylation sites (N-methyl/N-ethyl adjacent to an activating group) is 1. The standard InChI is InChI=1S/C18H20N8OS/c1-25(11-14-4-3-9-26(14)16-5-2-8-20-23-16)15-7-6-13(10-19-15)17(27)22-18-24-21-12-28-18/h2,5-8,10,12,14H,3-4,9,11H2,1H3,(H,22,24,27). The van der Waals surface area contributed by atoms with Crippen molar-refractivity contribution in [3.05, 3.63) is 47.7 Å². The zero-order valence-electron chi connectivity index (χ0n) is 15.4. The van der Waals surface area contributed by atoms with E-state index in [1.54, 1.807) is 24.0 Å². The van der Waals surface area contributed by atoms with Crippen molar-refractivity contribution in [3.8, 4) is 0 Å². The Morgan fingerprint density at radius 3 is 2.96 bits per heavy atom. The first-order valence-electron chi connectivity index (χ1n) is 9.00. The van der Waals surface area contributed by atoms with Crippen molar-refractivity contribution < 1.29 is 4.79 Å². The Kier molecular flexibility index (Phi) is 5.38. The lowest BCUT2D eigenvalue weighted by molar-refractivity contribution is 0.102. The van der Waals surface area contributed by atoms with Gasteiger partial charge in [0.2, 0.25) is 5.13 Å². The van der Waals surface area contributed by atoms with Crippen LogP contribution in [0.2, 0.25) is 0 Å². The summed E-state index contributed by atoms with van der Waals surface area (Å²) in [7, 11) is 2.01. The molecule has 4 rings (SSSR count). The molecular formula is C18H20N8OS. The average molecular weight is 396 g/mol. The minimum absolute atomic E-state index is 0.247. The molecule has 0 saturated carbocycles. The van der Waals surface area contributed by atoms with E-state index >= 15 is 0 Å². The molecule has 1 atom stereocenters. The van der Waals surface area contributed by atoms with Crippen LogP contribution in [-0.2, 0) is 0 Å². The van der Waals surface area contributed by atoms with Crippen LogP contribution in [0.5, 0.6) is 0 Å². The molecule has 0 aliphatic carbocycles. The highest BCUT2D eigenvalue weighted by atomic mass is 32.1. The van der Waals surface area contributed by atoms with E-state index in [1.807, 2.05) is 25.2 Å². The highest BCUT2D eigenvalue weighted by Gasteiger charge is 2.27. The lowest BCUT2D eigenvalue weighted by Crippen LogP contribution is -2.39. The van der Waals surface area contributed by atoms with Crippen LogP contribution in [0, 0.1) is 0 Å². The lowest BCUT2D eigenvalue weighted by Gasteiger charge is -2.29. The van der Waals surface area contributed by atoms with Crippen LogP contribution >= 0.6 is 11.3 Å². The van der Waals surface area contributed by atoms with Crippen LogP contribution in [-0.4, -0.2) is 57.5 Å². The van der Waals surface area contributed by atoms with E-state index in [1.165, 1.54) is 11.3 Å². The second-order valence-electron chi connectivity index (χ2n) is 6.55. The van der Waals surface area contributed by atoms with Gasteiger partial charge in [-0.25, -0.2) is 4.98 Å². The predicted molar refractivity (Wildman–Crippen MR) is 108 cm³/mol. The summed E-state index contributed by atoms with van der Waals surface area (Å²) in [4.78, 5) is 21.1. The molecule has 1 aliphatic rings. The molecule has 1 N–H and O–H groups in total. The van der Waals surface area contributed by atoms with Gasteiger partial charge in [-0.2, -0.15) is 5.10 Å². The molecule has 28 heavy (non-hydrogen) atoms.